The summed E-state index contributed by atoms with van der Waals surface area (Å²) in [4.78, 5) is 4.44. The van der Waals surface area contributed by atoms with Crippen LogP contribution in [0.3, 0.4) is 0 Å². The maximum Gasteiger partial charge on any atom is 0.123 e. The van der Waals surface area contributed by atoms with Crippen LogP contribution >= 0.6 is 0 Å². The van der Waals surface area contributed by atoms with Crippen molar-refractivity contribution in [2.24, 2.45) is 4.99 Å². The van der Waals surface area contributed by atoms with Crippen molar-refractivity contribution >= 4 is 5.71 Å². The van der Waals surface area contributed by atoms with Gasteiger partial charge in [0.05, 0.1) is 6.67 Å². The summed E-state index contributed by atoms with van der Waals surface area (Å²) in [5, 5.41) is 13.2. The zero-order chi connectivity index (χ0) is 13.9. The topological polar surface area (TPSA) is 44.6 Å². The first-order valence-corrected chi connectivity index (χ1v) is 6.54. The Morgan fingerprint density at radius 1 is 1.10 bits per heavy atom. The number of aromatic hydroxyl groups is 1. The van der Waals surface area contributed by atoms with Gasteiger partial charge in [0.2, 0.25) is 0 Å². The summed E-state index contributed by atoms with van der Waals surface area (Å²) in [5.41, 5.74) is 2.72. The molecule has 0 fully saturated rings. The van der Waals surface area contributed by atoms with Crippen LogP contribution in [-0.4, -0.2) is 17.5 Å². The largest absolute Gasteiger partial charge is 0.508 e. The van der Waals surface area contributed by atoms with Gasteiger partial charge in [-0.2, -0.15) is 0 Å². The first kappa shape index (κ1) is 12.8. The van der Waals surface area contributed by atoms with E-state index >= 15 is 0 Å². The predicted octanol–water partition coefficient (Wildman–Crippen LogP) is 3.01. The Hall–Kier alpha value is -2.20. The van der Waals surface area contributed by atoms with E-state index < -0.39 is 0 Å². The normalized spacial score (nSPS) is 18.6. The highest BCUT2D eigenvalue weighted by atomic mass is 19.1. The Bertz CT molecular complexity index is 637. The van der Waals surface area contributed by atoms with Gasteiger partial charge >= 0.3 is 0 Å². The third-order valence-corrected chi connectivity index (χ3v) is 3.49. The van der Waals surface area contributed by atoms with E-state index in [1.54, 1.807) is 24.3 Å². The number of phenolic OH excluding ortho intramolecular Hbond substituents is 1. The van der Waals surface area contributed by atoms with E-state index in [4.69, 9.17) is 0 Å². The summed E-state index contributed by atoms with van der Waals surface area (Å²) in [7, 11) is 0. The Kier molecular flexibility index (Phi) is 3.48. The average Bonchev–Trinajstić information content (AvgIpc) is 2.49. The molecule has 1 aliphatic heterocycles. The van der Waals surface area contributed by atoms with Crippen LogP contribution in [0.4, 0.5) is 4.39 Å². The molecule has 0 saturated heterocycles. The van der Waals surface area contributed by atoms with Crippen LogP contribution in [-0.2, 0) is 0 Å². The Labute approximate surface area is 116 Å². The van der Waals surface area contributed by atoms with Crippen LogP contribution in [0.2, 0.25) is 0 Å². The van der Waals surface area contributed by atoms with E-state index in [0.29, 0.717) is 13.1 Å². The summed E-state index contributed by atoms with van der Waals surface area (Å²) >= 11 is 0. The van der Waals surface area contributed by atoms with Gasteiger partial charge in [-0.3, -0.25) is 10.3 Å². The van der Waals surface area contributed by atoms with Crippen molar-refractivity contribution < 1.29 is 9.50 Å². The van der Waals surface area contributed by atoms with Crippen LogP contribution in [0.1, 0.15) is 23.6 Å². The molecule has 0 amide bonds. The number of hydrogen-bond acceptors (Lipinski definition) is 3. The summed E-state index contributed by atoms with van der Waals surface area (Å²) < 4.78 is 13.0. The molecule has 0 bridgehead atoms. The lowest BCUT2D eigenvalue weighted by atomic mass is 9.95. The van der Waals surface area contributed by atoms with E-state index in [9.17, 15) is 9.50 Å². The van der Waals surface area contributed by atoms with Gasteiger partial charge in [-0.1, -0.05) is 30.3 Å². The standard InChI is InChI=1S/C16H15FN2O/c17-12-7-5-11(6-8-12)14-9-15(19-10-18-14)13-3-1-2-4-16(13)20/h1-8,15,19-20H,9-10H2. The van der Waals surface area contributed by atoms with Crippen molar-refractivity contribution in [3.05, 3.63) is 65.5 Å². The van der Waals surface area contributed by atoms with Gasteiger partial charge < -0.3 is 5.11 Å². The van der Waals surface area contributed by atoms with Crippen molar-refractivity contribution in [2.45, 2.75) is 12.5 Å². The average molecular weight is 270 g/mol. The van der Waals surface area contributed by atoms with Gasteiger partial charge in [0.15, 0.2) is 0 Å². The maximum absolute atomic E-state index is 13.0. The number of aliphatic imine (C=N–C) groups is 1. The molecule has 0 spiro atoms. The lowest BCUT2D eigenvalue weighted by Gasteiger charge is -2.24. The molecule has 1 aliphatic rings. The molecule has 102 valence electrons. The predicted molar refractivity (Wildman–Crippen MR) is 76.4 cm³/mol. The molecule has 0 aliphatic carbocycles. The first-order valence-electron chi connectivity index (χ1n) is 6.54. The Morgan fingerprint density at radius 2 is 1.85 bits per heavy atom. The minimum atomic E-state index is -0.250. The molecular formula is C16H15FN2O. The van der Waals surface area contributed by atoms with E-state index in [2.05, 4.69) is 10.3 Å². The molecule has 3 rings (SSSR count). The molecule has 2 aromatic rings. The van der Waals surface area contributed by atoms with Crippen LogP contribution < -0.4 is 5.32 Å². The number of hydrogen-bond donors (Lipinski definition) is 2. The molecule has 3 nitrogen and oxygen atoms in total. The molecule has 1 heterocycles. The van der Waals surface area contributed by atoms with Gasteiger partial charge in [-0.05, 0) is 23.8 Å². The van der Waals surface area contributed by atoms with E-state index in [-0.39, 0.29) is 17.6 Å². The van der Waals surface area contributed by atoms with Gasteiger partial charge in [0, 0.05) is 23.7 Å². The van der Waals surface area contributed by atoms with Crippen LogP contribution in [0.15, 0.2) is 53.5 Å². The number of para-hydroxylation sites is 1. The van der Waals surface area contributed by atoms with E-state index in [0.717, 1.165) is 16.8 Å². The first-order chi connectivity index (χ1) is 9.74. The highest BCUT2D eigenvalue weighted by Crippen LogP contribution is 2.28. The lowest BCUT2D eigenvalue weighted by molar-refractivity contribution is 0.446. The molecule has 0 saturated carbocycles. The molecule has 2 N–H and O–H groups in total. The molecule has 0 aromatic heterocycles. The molecule has 1 unspecified atom stereocenters. The fraction of sp³-hybridized carbons (Fsp3) is 0.188. The number of nitrogens with zero attached hydrogens (tertiary/aromatic N) is 1. The van der Waals surface area contributed by atoms with Crippen molar-refractivity contribution in [3.8, 4) is 5.75 Å². The summed E-state index contributed by atoms with van der Waals surface area (Å²) in [6.07, 6.45) is 0.670. The number of rotatable bonds is 2. The summed E-state index contributed by atoms with van der Waals surface area (Å²) in [6.45, 7) is 0.492. The third-order valence-electron chi connectivity index (χ3n) is 3.49. The van der Waals surface area contributed by atoms with Crippen molar-refractivity contribution in [1.82, 2.24) is 5.32 Å². The van der Waals surface area contributed by atoms with Crippen molar-refractivity contribution in [2.75, 3.05) is 6.67 Å². The minimum Gasteiger partial charge on any atom is -0.508 e. The molecule has 1 atom stereocenters. The fourth-order valence-electron chi connectivity index (χ4n) is 2.43. The van der Waals surface area contributed by atoms with Crippen molar-refractivity contribution in [3.63, 3.8) is 0 Å². The minimum absolute atomic E-state index is 0.0220. The third kappa shape index (κ3) is 2.56. The summed E-state index contributed by atoms with van der Waals surface area (Å²) in [6, 6.07) is 13.7. The van der Waals surface area contributed by atoms with Crippen LogP contribution in [0, 0.1) is 5.82 Å². The van der Waals surface area contributed by atoms with Gasteiger partial charge in [-0.25, -0.2) is 4.39 Å². The zero-order valence-electron chi connectivity index (χ0n) is 10.9. The number of benzene rings is 2. The molecular weight excluding hydrogens is 255 g/mol. The highest BCUT2D eigenvalue weighted by Gasteiger charge is 2.21. The second-order valence-electron chi connectivity index (χ2n) is 4.79. The monoisotopic (exact) mass is 270 g/mol. The highest BCUT2D eigenvalue weighted by molar-refractivity contribution is 6.01. The van der Waals surface area contributed by atoms with Crippen LogP contribution in [0.25, 0.3) is 0 Å². The van der Waals surface area contributed by atoms with E-state index in [1.165, 1.54) is 12.1 Å². The molecule has 4 heteroatoms. The van der Waals surface area contributed by atoms with Gasteiger partial charge in [0.1, 0.15) is 11.6 Å². The number of phenols is 1. The van der Waals surface area contributed by atoms with Gasteiger partial charge in [-0.15, -0.1) is 0 Å². The summed E-state index contributed by atoms with van der Waals surface area (Å²) in [5.74, 6) is 0.0332. The SMILES string of the molecule is Oc1ccccc1C1CC(c2ccc(F)cc2)=NCN1. The molecule has 0 radical (unpaired) electrons. The Balaban J connectivity index is 1.85. The van der Waals surface area contributed by atoms with Crippen LogP contribution in [0.5, 0.6) is 5.75 Å². The second-order valence-corrected chi connectivity index (χ2v) is 4.79. The van der Waals surface area contributed by atoms with Gasteiger partial charge in [0.25, 0.3) is 0 Å². The molecule has 2 aromatic carbocycles. The fourth-order valence-corrected chi connectivity index (χ4v) is 2.43. The van der Waals surface area contributed by atoms with E-state index in [1.807, 2.05) is 12.1 Å². The second kappa shape index (κ2) is 5.43. The zero-order valence-corrected chi connectivity index (χ0v) is 10.9. The number of halogens is 1. The lowest BCUT2D eigenvalue weighted by Crippen LogP contribution is -2.29. The quantitative estimate of drug-likeness (QED) is 0.881. The van der Waals surface area contributed by atoms with Crippen molar-refractivity contribution in [1.29, 1.82) is 0 Å². The molecule has 20 heavy (non-hydrogen) atoms. The number of nitrogens with one attached hydrogen (secondary N) is 1. The smallest absolute Gasteiger partial charge is 0.123 e. The Morgan fingerprint density at radius 3 is 2.60 bits per heavy atom. The maximum atomic E-state index is 13.0.